The van der Waals surface area contributed by atoms with Gasteiger partial charge in [0.1, 0.15) is 6.10 Å². The van der Waals surface area contributed by atoms with Crippen molar-refractivity contribution in [3.63, 3.8) is 0 Å². The van der Waals surface area contributed by atoms with E-state index in [2.05, 4.69) is 6.58 Å². The summed E-state index contributed by atoms with van der Waals surface area (Å²) in [5, 5.41) is 12.2. The zero-order valence-corrected chi connectivity index (χ0v) is 12.1. The number of carbonyl (C=O) groups is 1. The van der Waals surface area contributed by atoms with Crippen LogP contribution in [0, 0.1) is 0 Å². The molecule has 0 aliphatic rings. The number of ketones is 1. The minimum absolute atomic E-state index is 0.183. The van der Waals surface area contributed by atoms with Gasteiger partial charge in [0.2, 0.25) is 0 Å². The molecule has 0 radical (unpaired) electrons. The predicted octanol–water partition coefficient (Wildman–Crippen LogP) is 4.31. The minimum atomic E-state index is -0.993. The first-order valence-electron chi connectivity index (χ1n) is 7.13. The van der Waals surface area contributed by atoms with E-state index in [4.69, 9.17) is 0 Å². The Morgan fingerprint density at radius 1 is 0.864 bits per heavy atom. The number of hydrogen-bond acceptors (Lipinski definition) is 2. The summed E-state index contributed by atoms with van der Waals surface area (Å²) < 4.78 is 0. The fraction of sp³-hybridized carbons (Fsp3) is 0.0500. The van der Waals surface area contributed by atoms with Crippen molar-refractivity contribution in [3.8, 4) is 0 Å². The number of hydrogen-bond donors (Lipinski definition) is 1. The molecule has 0 saturated heterocycles. The van der Waals surface area contributed by atoms with Crippen molar-refractivity contribution in [2.75, 3.05) is 0 Å². The van der Waals surface area contributed by atoms with Gasteiger partial charge in [0, 0.05) is 11.1 Å². The maximum Gasteiger partial charge on any atom is 0.191 e. The standard InChI is InChI=1S/C20H16O2/c1-14(19(21)16-9-3-2-4-10-16)20(22)18-13-7-11-15-8-5-6-12-17(15)18/h2-13,19,21H,1H2/t19-/m0/s1. The maximum absolute atomic E-state index is 12.7. The van der Waals surface area contributed by atoms with Crippen LogP contribution < -0.4 is 0 Å². The lowest BCUT2D eigenvalue weighted by Gasteiger charge is -2.14. The summed E-state index contributed by atoms with van der Waals surface area (Å²) in [5.74, 6) is -0.229. The van der Waals surface area contributed by atoms with E-state index >= 15 is 0 Å². The third-order valence-electron chi connectivity index (χ3n) is 3.77. The second-order valence-corrected chi connectivity index (χ2v) is 5.19. The van der Waals surface area contributed by atoms with Crippen LogP contribution in [0.2, 0.25) is 0 Å². The predicted molar refractivity (Wildman–Crippen MR) is 88.8 cm³/mol. The summed E-state index contributed by atoms with van der Waals surface area (Å²) in [4.78, 5) is 12.7. The Kier molecular flexibility index (Phi) is 3.86. The first-order valence-corrected chi connectivity index (χ1v) is 7.13. The number of rotatable bonds is 4. The first-order chi connectivity index (χ1) is 10.7. The van der Waals surface area contributed by atoms with Crippen LogP contribution in [0.1, 0.15) is 22.0 Å². The average Bonchev–Trinajstić information content (AvgIpc) is 2.60. The van der Waals surface area contributed by atoms with Gasteiger partial charge in [-0.2, -0.15) is 0 Å². The molecule has 0 fully saturated rings. The summed E-state index contributed by atoms with van der Waals surface area (Å²) in [7, 11) is 0. The van der Waals surface area contributed by atoms with E-state index in [1.807, 2.05) is 54.6 Å². The van der Waals surface area contributed by atoms with E-state index < -0.39 is 6.10 Å². The molecule has 0 heterocycles. The van der Waals surface area contributed by atoms with Crippen molar-refractivity contribution in [2.24, 2.45) is 0 Å². The molecular weight excluding hydrogens is 272 g/mol. The zero-order chi connectivity index (χ0) is 15.5. The van der Waals surface area contributed by atoms with E-state index in [1.54, 1.807) is 18.2 Å². The van der Waals surface area contributed by atoms with Gasteiger partial charge in [-0.05, 0) is 16.3 Å². The molecule has 2 nitrogen and oxygen atoms in total. The zero-order valence-electron chi connectivity index (χ0n) is 12.1. The van der Waals surface area contributed by atoms with Crippen molar-refractivity contribution in [1.29, 1.82) is 0 Å². The lowest BCUT2D eigenvalue weighted by atomic mass is 9.93. The Labute approximate surface area is 129 Å². The Balaban J connectivity index is 1.98. The molecule has 22 heavy (non-hydrogen) atoms. The molecule has 0 saturated carbocycles. The van der Waals surface area contributed by atoms with Gasteiger partial charge in [0.05, 0.1) is 0 Å². The molecule has 3 rings (SSSR count). The molecule has 0 unspecified atom stereocenters. The number of fused-ring (bicyclic) bond motifs is 1. The highest BCUT2D eigenvalue weighted by atomic mass is 16.3. The lowest BCUT2D eigenvalue weighted by Crippen LogP contribution is -2.11. The Morgan fingerprint density at radius 3 is 2.27 bits per heavy atom. The highest BCUT2D eigenvalue weighted by Crippen LogP contribution is 2.26. The van der Waals surface area contributed by atoms with Gasteiger partial charge >= 0.3 is 0 Å². The molecule has 2 heteroatoms. The average molecular weight is 288 g/mol. The van der Waals surface area contributed by atoms with E-state index in [9.17, 15) is 9.90 Å². The Morgan fingerprint density at radius 2 is 1.50 bits per heavy atom. The smallest absolute Gasteiger partial charge is 0.191 e. The van der Waals surface area contributed by atoms with Crippen molar-refractivity contribution >= 4 is 16.6 Å². The van der Waals surface area contributed by atoms with E-state index in [-0.39, 0.29) is 11.4 Å². The molecule has 0 amide bonds. The fourth-order valence-electron chi connectivity index (χ4n) is 2.56. The van der Waals surface area contributed by atoms with E-state index in [1.165, 1.54) is 0 Å². The second-order valence-electron chi connectivity index (χ2n) is 5.19. The molecule has 3 aromatic carbocycles. The van der Waals surface area contributed by atoms with Gasteiger partial charge in [-0.3, -0.25) is 4.79 Å². The lowest BCUT2D eigenvalue weighted by molar-refractivity contribution is 0.0989. The molecular formula is C20H16O2. The van der Waals surface area contributed by atoms with Gasteiger partial charge in [0.15, 0.2) is 5.78 Å². The van der Waals surface area contributed by atoms with Crippen LogP contribution in [0.15, 0.2) is 84.9 Å². The molecule has 1 atom stereocenters. The first kappa shape index (κ1) is 14.2. The summed E-state index contributed by atoms with van der Waals surface area (Å²) in [5.41, 5.74) is 1.42. The highest BCUT2D eigenvalue weighted by Gasteiger charge is 2.20. The van der Waals surface area contributed by atoms with Crippen LogP contribution in [0.5, 0.6) is 0 Å². The minimum Gasteiger partial charge on any atom is -0.384 e. The fourth-order valence-corrected chi connectivity index (χ4v) is 2.56. The maximum atomic E-state index is 12.7. The number of Topliss-reactive ketones (excluding diaryl/α,β-unsaturated/α-hetero) is 1. The van der Waals surface area contributed by atoms with Gasteiger partial charge in [0.25, 0.3) is 0 Å². The van der Waals surface area contributed by atoms with Crippen molar-refractivity contribution in [2.45, 2.75) is 6.10 Å². The summed E-state index contributed by atoms with van der Waals surface area (Å²) in [6, 6.07) is 22.4. The largest absolute Gasteiger partial charge is 0.384 e. The normalized spacial score (nSPS) is 12.0. The number of benzene rings is 3. The van der Waals surface area contributed by atoms with Crippen LogP contribution >= 0.6 is 0 Å². The third kappa shape index (κ3) is 2.57. The quantitative estimate of drug-likeness (QED) is 0.573. The Bertz CT molecular complexity index is 829. The van der Waals surface area contributed by atoms with Gasteiger partial charge in [-0.15, -0.1) is 0 Å². The molecule has 0 aromatic heterocycles. The topological polar surface area (TPSA) is 37.3 Å². The molecule has 0 bridgehead atoms. The van der Waals surface area contributed by atoms with Gasteiger partial charge in [-0.25, -0.2) is 0 Å². The van der Waals surface area contributed by atoms with Crippen molar-refractivity contribution in [3.05, 3.63) is 96.1 Å². The molecule has 3 aromatic rings. The molecule has 108 valence electrons. The van der Waals surface area contributed by atoms with E-state index in [0.29, 0.717) is 11.1 Å². The van der Waals surface area contributed by atoms with E-state index in [0.717, 1.165) is 10.8 Å². The van der Waals surface area contributed by atoms with Crippen molar-refractivity contribution in [1.82, 2.24) is 0 Å². The van der Waals surface area contributed by atoms with Gasteiger partial charge in [-0.1, -0.05) is 79.4 Å². The third-order valence-corrected chi connectivity index (χ3v) is 3.77. The molecule has 0 aliphatic carbocycles. The van der Waals surface area contributed by atoms with Gasteiger partial charge < -0.3 is 5.11 Å². The summed E-state index contributed by atoms with van der Waals surface area (Å²) >= 11 is 0. The summed E-state index contributed by atoms with van der Waals surface area (Å²) in [6.45, 7) is 3.81. The van der Waals surface area contributed by atoms with Crippen molar-refractivity contribution < 1.29 is 9.90 Å². The van der Waals surface area contributed by atoms with Crippen LogP contribution in [-0.2, 0) is 0 Å². The summed E-state index contributed by atoms with van der Waals surface area (Å²) in [6.07, 6.45) is -0.993. The Hall–Kier alpha value is -2.71. The molecule has 1 N–H and O–H groups in total. The number of aliphatic hydroxyl groups excluding tert-OH is 1. The SMILES string of the molecule is C=C(C(=O)c1cccc2ccccc12)[C@H](O)c1ccccc1. The highest BCUT2D eigenvalue weighted by molar-refractivity contribution is 6.16. The number of aliphatic hydroxyl groups is 1. The van der Waals surface area contributed by atoms with Crippen LogP contribution in [0.25, 0.3) is 10.8 Å². The molecule has 0 spiro atoms. The van der Waals surface area contributed by atoms with Crippen LogP contribution in [-0.4, -0.2) is 10.9 Å². The second kappa shape index (κ2) is 5.96. The monoisotopic (exact) mass is 288 g/mol. The molecule has 0 aliphatic heterocycles. The van der Waals surface area contributed by atoms with Crippen LogP contribution in [0.4, 0.5) is 0 Å². The number of carbonyl (C=O) groups excluding carboxylic acids is 1. The van der Waals surface area contributed by atoms with Crippen LogP contribution in [0.3, 0.4) is 0 Å².